The lowest BCUT2D eigenvalue weighted by Gasteiger charge is -2.14. The first-order valence-electron chi connectivity index (χ1n) is 6.34. The highest BCUT2D eigenvalue weighted by atomic mass is 14.9. The molecule has 3 N–H and O–H groups in total. The molecule has 2 heteroatoms. The molecule has 1 saturated carbocycles. The van der Waals surface area contributed by atoms with Crippen molar-refractivity contribution in [1.82, 2.24) is 5.32 Å². The first kappa shape index (κ1) is 12.0. The van der Waals surface area contributed by atoms with Gasteiger partial charge in [0.25, 0.3) is 0 Å². The number of hydrogen-bond donors (Lipinski definition) is 2. The lowest BCUT2D eigenvalue weighted by molar-refractivity contribution is 0.423. The Morgan fingerprint density at radius 3 is 2.36 bits per heavy atom. The van der Waals surface area contributed by atoms with E-state index in [4.69, 9.17) is 5.73 Å². The van der Waals surface area contributed by atoms with E-state index in [9.17, 15) is 0 Å². The molecule has 0 aliphatic heterocycles. The molecule has 0 unspecified atom stereocenters. The van der Waals surface area contributed by atoms with E-state index < -0.39 is 0 Å². The maximum Gasteiger partial charge on any atom is -0.00205 e. The lowest BCUT2D eigenvalue weighted by Crippen LogP contribution is -2.24. The van der Waals surface area contributed by atoms with Crippen LogP contribution in [-0.2, 0) is 0 Å². The average molecular weight is 198 g/mol. The minimum absolute atomic E-state index is 0.838. The highest BCUT2D eigenvalue weighted by molar-refractivity contribution is 4.66. The third-order valence-electron chi connectivity index (χ3n) is 3.22. The highest BCUT2D eigenvalue weighted by Gasteiger charge is 2.10. The predicted octanol–water partition coefficient (Wildman–Crippen LogP) is 2.29. The van der Waals surface area contributed by atoms with Crippen molar-refractivity contribution in [3.05, 3.63) is 0 Å². The normalized spacial score (nSPS) is 19.5. The van der Waals surface area contributed by atoms with Gasteiger partial charge in [0.05, 0.1) is 0 Å². The molecule has 1 fully saturated rings. The van der Waals surface area contributed by atoms with E-state index >= 15 is 0 Å². The highest BCUT2D eigenvalue weighted by Crippen LogP contribution is 2.21. The van der Waals surface area contributed by atoms with Gasteiger partial charge >= 0.3 is 0 Å². The van der Waals surface area contributed by atoms with Crippen molar-refractivity contribution in [2.45, 2.75) is 51.4 Å². The molecule has 1 aliphatic carbocycles. The summed E-state index contributed by atoms with van der Waals surface area (Å²) in [7, 11) is 0. The Kier molecular flexibility index (Phi) is 7.06. The molecule has 0 heterocycles. The molecule has 0 bridgehead atoms. The van der Waals surface area contributed by atoms with Crippen LogP contribution in [0.1, 0.15) is 51.4 Å². The number of unbranched alkanes of at least 4 members (excludes halogenated alkanes) is 1. The fourth-order valence-corrected chi connectivity index (χ4v) is 2.27. The lowest BCUT2D eigenvalue weighted by atomic mass is 10.0. The van der Waals surface area contributed by atoms with Gasteiger partial charge in [-0.3, -0.25) is 0 Å². The maximum atomic E-state index is 5.45. The molecule has 1 rings (SSSR count). The summed E-state index contributed by atoms with van der Waals surface area (Å²) in [5.41, 5.74) is 5.45. The largest absolute Gasteiger partial charge is 0.330 e. The van der Waals surface area contributed by atoms with Crippen LogP contribution < -0.4 is 11.1 Å². The number of nitrogens with one attached hydrogen (secondary N) is 1. The summed E-state index contributed by atoms with van der Waals surface area (Å²) in [5, 5.41) is 3.56. The van der Waals surface area contributed by atoms with Crippen molar-refractivity contribution in [2.75, 3.05) is 19.6 Å². The van der Waals surface area contributed by atoms with Gasteiger partial charge in [-0.2, -0.15) is 0 Å². The molecule has 14 heavy (non-hydrogen) atoms. The van der Waals surface area contributed by atoms with Crippen LogP contribution in [-0.4, -0.2) is 19.6 Å². The molecule has 0 aromatic rings. The predicted molar refractivity (Wildman–Crippen MR) is 62.4 cm³/mol. The summed E-state index contributed by atoms with van der Waals surface area (Å²) < 4.78 is 0. The van der Waals surface area contributed by atoms with Crippen LogP contribution in [0.5, 0.6) is 0 Å². The topological polar surface area (TPSA) is 38.0 Å². The molecule has 0 aromatic heterocycles. The summed E-state index contributed by atoms with van der Waals surface area (Å²) in [6, 6.07) is 0. The van der Waals surface area contributed by atoms with Crippen molar-refractivity contribution in [2.24, 2.45) is 11.7 Å². The molecule has 84 valence electrons. The maximum absolute atomic E-state index is 5.45. The molecule has 1 aliphatic rings. The summed E-state index contributed by atoms with van der Waals surface area (Å²) in [4.78, 5) is 0. The van der Waals surface area contributed by atoms with E-state index in [2.05, 4.69) is 5.32 Å². The summed E-state index contributed by atoms with van der Waals surface area (Å²) in [5.74, 6) is 0.954. The van der Waals surface area contributed by atoms with Gasteiger partial charge in [-0.15, -0.1) is 0 Å². The van der Waals surface area contributed by atoms with Crippen LogP contribution >= 0.6 is 0 Å². The molecule has 0 spiro atoms. The van der Waals surface area contributed by atoms with Crippen molar-refractivity contribution < 1.29 is 0 Å². The first-order chi connectivity index (χ1) is 6.93. The smallest absolute Gasteiger partial charge is 0.00205 e. The summed E-state index contributed by atoms with van der Waals surface area (Å²) in [6.45, 7) is 3.24. The third kappa shape index (κ3) is 5.61. The third-order valence-corrected chi connectivity index (χ3v) is 3.22. The van der Waals surface area contributed by atoms with Gasteiger partial charge in [-0.05, 0) is 51.2 Å². The standard InChI is InChI=1S/C12H26N2/c13-9-5-6-10-14-11-12-7-3-1-2-4-8-12/h12,14H,1-11,13H2. The fourth-order valence-electron chi connectivity index (χ4n) is 2.27. The zero-order chi connectivity index (χ0) is 10.1. The molecule has 0 amide bonds. The van der Waals surface area contributed by atoms with Crippen molar-refractivity contribution in [1.29, 1.82) is 0 Å². The number of nitrogens with two attached hydrogens (primary N) is 1. The van der Waals surface area contributed by atoms with Gasteiger partial charge in [-0.25, -0.2) is 0 Å². The Labute approximate surface area is 88.6 Å². The number of rotatable bonds is 6. The van der Waals surface area contributed by atoms with Crippen LogP contribution in [0.15, 0.2) is 0 Å². The second kappa shape index (κ2) is 8.25. The van der Waals surface area contributed by atoms with Gasteiger partial charge in [0.1, 0.15) is 0 Å². The Morgan fingerprint density at radius 2 is 1.71 bits per heavy atom. The quantitative estimate of drug-likeness (QED) is 0.507. The first-order valence-corrected chi connectivity index (χ1v) is 6.34. The molecular formula is C12H26N2. The molecule has 0 radical (unpaired) electrons. The van der Waals surface area contributed by atoms with Gasteiger partial charge in [-0.1, -0.05) is 25.7 Å². The Morgan fingerprint density at radius 1 is 1.00 bits per heavy atom. The minimum atomic E-state index is 0.838. The van der Waals surface area contributed by atoms with E-state index in [1.54, 1.807) is 0 Å². The van der Waals surface area contributed by atoms with Crippen molar-refractivity contribution in [3.63, 3.8) is 0 Å². The van der Waals surface area contributed by atoms with Gasteiger partial charge in [0.15, 0.2) is 0 Å². The van der Waals surface area contributed by atoms with E-state index in [-0.39, 0.29) is 0 Å². The van der Waals surface area contributed by atoms with Crippen molar-refractivity contribution >= 4 is 0 Å². The average Bonchev–Trinajstić information content (AvgIpc) is 2.46. The molecule has 0 atom stereocenters. The Bertz CT molecular complexity index is 117. The van der Waals surface area contributed by atoms with Crippen LogP contribution in [0.2, 0.25) is 0 Å². The van der Waals surface area contributed by atoms with Crippen LogP contribution in [0.4, 0.5) is 0 Å². The molecule has 0 saturated heterocycles. The van der Waals surface area contributed by atoms with Gasteiger partial charge in [0.2, 0.25) is 0 Å². The summed E-state index contributed by atoms with van der Waals surface area (Å²) in [6.07, 6.45) is 11.1. The fraction of sp³-hybridized carbons (Fsp3) is 1.00. The molecule has 2 nitrogen and oxygen atoms in total. The van der Waals surface area contributed by atoms with E-state index in [1.165, 1.54) is 51.5 Å². The second-order valence-corrected chi connectivity index (χ2v) is 4.56. The van der Waals surface area contributed by atoms with Crippen LogP contribution in [0.25, 0.3) is 0 Å². The van der Waals surface area contributed by atoms with Crippen LogP contribution in [0.3, 0.4) is 0 Å². The van der Waals surface area contributed by atoms with Crippen LogP contribution in [0, 0.1) is 5.92 Å². The Hall–Kier alpha value is -0.0800. The zero-order valence-electron chi connectivity index (χ0n) is 9.43. The van der Waals surface area contributed by atoms with E-state index in [1.807, 2.05) is 0 Å². The van der Waals surface area contributed by atoms with E-state index in [0.29, 0.717) is 0 Å². The van der Waals surface area contributed by atoms with Crippen molar-refractivity contribution in [3.8, 4) is 0 Å². The second-order valence-electron chi connectivity index (χ2n) is 4.56. The van der Waals surface area contributed by atoms with E-state index in [0.717, 1.165) is 25.4 Å². The summed E-state index contributed by atoms with van der Waals surface area (Å²) >= 11 is 0. The molecule has 0 aromatic carbocycles. The SMILES string of the molecule is NCCCCNCC1CCCCCC1. The minimum Gasteiger partial charge on any atom is -0.330 e. The number of hydrogen-bond acceptors (Lipinski definition) is 2. The van der Waals surface area contributed by atoms with Gasteiger partial charge in [0, 0.05) is 0 Å². The monoisotopic (exact) mass is 198 g/mol. The van der Waals surface area contributed by atoms with Gasteiger partial charge < -0.3 is 11.1 Å². The zero-order valence-corrected chi connectivity index (χ0v) is 9.43. The molecular weight excluding hydrogens is 172 g/mol. The Balaban J connectivity index is 1.93.